The van der Waals surface area contributed by atoms with Crippen molar-refractivity contribution in [2.24, 2.45) is 0 Å². The summed E-state index contributed by atoms with van der Waals surface area (Å²) in [5, 5.41) is 10.5. The van der Waals surface area contributed by atoms with Crippen LogP contribution in [0, 0.1) is 10.1 Å². The van der Waals surface area contributed by atoms with Gasteiger partial charge in [0, 0.05) is 18.4 Å². The van der Waals surface area contributed by atoms with Gasteiger partial charge in [-0.15, -0.1) is 0 Å². The minimum atomic E-state index is -0.542. The molecule has 0 aliphatic heterocycles. The van der Waals surface area contributed by atoms with Crippen LogP contribution in [-0.2, 0) is 6.54 Å². The van der Waals surface area contributed by atoms with Crippen LogP contribution < -0.4 is 5.56 Å². The molecule has 7 heteroatoms. The fourth-order valence-electron chi connectivity index (χ4n) is 0.958. The molecule has 0 aliphatic carbocycles. The Morgan fingerprint density at radius 2 is 2.29 bits per heavy atom. The molecule has 1 heterocycles. The molecule has 0 amide bonds. The van der Waals surface area contributed by atoms with E-state index in [2.05, 4.69) is 28.6 Å². The topological polar surface area (TPSA) is 65.1 Å². The van der Waals surface area contributed by atoms with E-state index in [1.54, 1.807) is 0 Å². The number of aryl methyl sites for hydroxylation is 1. The monoisotopic (exact) mass is 278 g/mol. The van der Waals surface area contributed by atoms with Crippen molar-refractivity contribution < 1.29 is 4.92 Å². The lowest BCUT2D eigenvalue weighted by atomic mass is 10.4. The van der Waals surface area contributed by atoms with E-state index in [0.717, 1.165) is 0 Å². The Kier molecular flexibility index (Phi) is 3.70. The largest absolute Gasteiger partial charge is 0.307 e. The molecule has 1 rings (SSSR count). The number of halogens is 1. The molecule has 0 N–H and O–H groups in total. The normalized spacial score (nSPS) is 10.1. The highest BCUT2D eigenvalue weighted by atomic mass is 79.9. The summed E-state index contributed by atoms with van der Waals surface area (Å²) in [4.78, 5) is 21.3. The standard InChI is InChI=1S/C7H7BrN2O3S/c8-6-3-5(10(12)13)4-9(1-2-14)7(6)11/h3-4,14H,1-2H2. The van der Waals surface area contributed by atoms with E-state index in [-0.39, 0.29) is 15.7 Å². The lowest BCUT2D eigenvalue weighted by Gasteiger charge is -2.03. The van der Waals surface area contributed by atoms with Crippen molar-refractivity contribution in [3.8, 4) is 0 Å². The predicted octanol–water partition coefficient (Wildman–Crippen LogP) is 1.45. The Hall–Kier alpha value is -0.820. The first-order chi connectivity index (χ1) is 6.56. The summed E-state index contributed by atoms with van der Waals surface area (Å²) in [6, 6.07) is 1.19. The second-order valence-corrected chi connectivity index (χ2v) is 3.83. The summed E-state index contributed by atoms with van der Waals surface area (Å²) in [6.45, 7) is 0.349. The van der Waals surface area contributed by atoms with Gasteiger partial charge in [-0.25, -0.2) is 0 Å². The molecule has 0 bridgehead atoms. The second-order valence-electron chi connectivity index (χ2n) is 2.53. The van der Waals surface area contributed by atoms with Gasteiger partial charge in [-0.3, -0.25) is 14.9 Å². The molecule has 0 saturated carbocycles. The van der Waals surface area contributed by atoms with E-state index in [9.17, 15) is 14.9 Å². The maximum Gasteiger partial charge on any atom is 0.286 e. The number of hydrogen-bond acceptors (Lipinski definition) is 4. The Bertz CT molecular complexity index is 418. The van der Waals surface area contributed by atoms with Gasteiger partial charge < -0.3 is 4.57 Å². The van der Waals surface area contributed by atoms with E-state index < -0.39 is 4.92 Å². The minimum absolute atomic E-state index is 0.113. The molecule has 14 heavy (non-hydrogen) atoms. The SMILES string of the molecule is O=c1c(Br)cc([N+](=O)[O-])cn1CCS. The number of pyridine rings is 1. The highest BCUT2D eigenvalue weighted by molar-refractivity contribution is 9.10. The first-order valence-corrected chi connectivity index (χ1v) is 5.14. The van der Waals surface area contributed by atoms with Gasteiger partial charge in [0.2, 0.25) is 0 Å². The third-order valence-corrected chi connectivity index (χ3v) is 2.35. The zero-order chi connectivity index (χ0) is 10.7. The van der Waals surface area contributed by atoms with Gasteiger partial charge >= 0.3 is 0 Å². The summed E-state index contributed by atoms with van der Waals surface area (Å²) < 4.78 is 1.45. The molecule has 0 aliphatic rings. The number of rotatable bonds is 3. The van der Waals surface area contributed by atoms with Crippen LogP contribution in [0.4, 0.5) is 5.69 Å². The molecule has 0 atom stereocenters. The summed E-state index contributed by atoms with van der Waals surface area (Å²) in [6.07, 6.45) is 1.21. The number of nitrogens with zero attached hydrogens (tertiary/aromatic N) is 2. The molecule has 0 fully saturated rings. The van der Waals surface area contributed by atoms with Crippen LogP contribution in [0.25, 0.3) is 0 Å². The number of thiol groups is 1. The van der Waals surface area contributed by atoms with Crippen molar-refractivity contribution in [2.45, 2.75) is 6.54 Å². The van der Waals surface area contributed by atoms with Gasteiger partial charge in [0.25, 0.3) is 11.2 Å². The van der Waals surface area contributed by atoms with Crippen molar-refractivity contribution in [3.05, 3.63) is 37.2 Å². The second kappa shape index (κ2) is 4.61. The Balaban J connectivity index is 3.28. The van der Waals surface area contributed by atoms with Crippen molar-refractivity contribution in [2.75, 3.05) is 5.75 Å². The van der Waals surface area contributed by atoms with Crippen LogP contribution >= 0.6 is 28.6 Å². The third kappa shape index (κ3) is 2.36. The van der Waals surface area contributed by atoms with Gasteiger partial charge in [0.1, 0.15) is 0 Å². The van der Waals surface area contributed by atoms with Crippen LogP contribution in [0.1, 0.15) is 0 Å². The Morgan fingerprint density at radius 3 is 2.79 bits per heavy atom. The summed E-state index contributed by atoms with van der Waals surface area (Å²) in [5.41, 5.74) is -0.400. The highest BCUT2D eigenvalue weighted by Gasteiger charge is 2.11. The summed E-state index contributed by atoms with van der Waals surface area (Å²) in [5.74, 6) is 0.452. The van der Waals surface area contributed by atoms with Gasteiger partial charge in [0.15, 0.2) is 0 Å². The van der Waals surface area contributed by atoms with Gasteiger partial charge in [-0.2, -0.15) is 12.6 Å². The molecule has 1 aromatic rings. The van der Waals surface area contributed by atoms with Crippen LogP contribution in [0.5, 0.6) is 0 Å². The Morgan fingerprint density at radius 1 is 1.64 bits per heavy atom. The molecule has 76 valence electrons. The minimum Gasteiger partial charge on any atom is -0.307 e. The molecule has 0 radical (unpaired) electrons. The van der Waals surface area contributed by atoms with Crippen molar-refractivity contribution in [3.63, 3.8) is 0 Å². The fourth-order valence-corrected chi connectivity index (χ4v) is 1.64. The lowest BCUT2D eigenvalue weighted by molar-refractivity contribution is -0.385. The van der Waals surface area contributed by atoms with Gasteiger partial charge in [0.05, 0.1) is 15.6 Å². The Labute approximate surface area is 93.4 Å². The zero-order valence-corrected chi connectivity index (χ0v) is 9.49. The van der Waals surface area contributed by atoms with E-state index >= 15 is 0 Å². The average molecular weight is 279 g/mol. The van der Waals surface area contributed by atoms with E-state index in [1.807, 2.05) is 0 Å². The maximum atomic E-state index is 11.4. The highest BCUT2D eigenvalue weighted by Crippen LogP contribution is 2.13. The summed E-state index contributed by atoms with van der Waals surface area (Å²) >= 11 is 6.93. The first kappa shape index (κ1) is 11.3. The quantitative estimate of drug-likeness (QED) is 0.517. The molecule has 0 unspecified atom stereocenters. The molecule has 0 spiro atoms. The van der Waals surface area contributed by atoms with Gasteiger partial charge in [-0.05, 0) is 15.9 Å². The predicted molar refractivity (Wildman–Crippen MR) is 58.9 cm³/mol. The molecule has 0 saturated heterocycles. The average Bonchev–Trinajstić information content (AvgIpc) is 2.12. The fraction of sp³-hybridized carbons (Fsp3) is 0.286. The van der Waals surface area contributed by atoms with Crippen LogP contribution in [0.3, 0.4) is 0 Å². The number of aromatic nitrogens is 1. The number of nitro groups is 1. The maximum absolute atomic E-state index is 11.4. The number of hydrogen-bond donors (Lipinski definition) is 1. The van der Waals surface area contributed by atoms with Crippen molar-refractivity contribution in [1.29, 1.82) is 0 Å². The molecule has 5 nitrogen and oxygen atoms in total. The summed E-state index contributed by atoms with van der Waals surface area (Å²) in [7, 11) is 0. The van der Waals surface area contributed by atoms with E-state index in [4.69, 9.17) is 0 Å². The lowest BCUT2D eigenvalue weighted by Crippen LogP contribution is -2.21. The van der Waals surface area contributed by atoms with Crippen molar-refractivity contribution >= 4 is 34.2 Å². The molecule has 0 aromatic carbocycles. The molecular weight excluding hydrogens is 272 g/mol. The van der Waals surface area contributed by atoms with Crippen LogP contribution in [0.2, 0.25) is 0 Å². The first-order valence-electron chi connectivity index (χ1n) is 3.71. The third-order valence-electron chi connectivity index (χ3n) is 1.58. The van der Waals surface area contributed by atoms with Crippen molar-refractivity contribution in [1.82, 2.24) is 4.57 Å². The zero-order valence-electron chi connectivity index (χ0n) is 7.01. The van der Waals surface area contributed by atoms with Crippen LogP contribution in [-0.4, -0.2) is 15.2 Å². The van der Waals surface area contributed by atoms with Crippen LogP contribution in [0.15, 0.2) is 21.5 Å². The molecular formula is C7H7BrN2O3S. The van der Waals surface area contributed by atoms with E-state index in [1.165, 1.54) is 16.8 Å². The van der Waals surface area contributed by atoms with E-state index in [0.29, 0.717) is 12.3 Å². The van der Waals surface area contributed by atoms with Gasteiger partial charge in [-0.1, -0.05) is 0 Å². The molecule has 1 aromatic heterocycles. The smallest absolute Gasteiger partial charge is 0.286 e.